The van der Waals surface area contributed by atoms with Gasteiger partial charge in [-0.3, -0.25) is 14.9 Å². The van der Waals surface area contributed by atoms with Gasteiger partial charge < -0.3 is 0 Å². The lowest BCUT2D eigenvalue weighted by Crippen LogP contribution is -2.19. The molecule has 0 atom stereocenters. The molecule has 0 spiro atoms. The molecule has 1 aliphatic carbocycles. The second-order valence-electron chi connectivity index (χ2n) is 3.48. The molecule has 1 heterocycles. The Morgan fingerprint density at radius 2 is 1.79 bits per heavy atom. The molecule has 1 aliphatic heterocycles. The molecule has 0 aromatic rings. The number of hydrogen-bond acceptors (Lipinski definition) is 2. The Bertz CT molecular complexity index is 274. The summed E-state index contributed by atoms with van der Waals surface area (Å²) in [5.41, 5.74) is 1.59. The van der Waals surface area contributed by atoms with Crippen LogP contribution in [-0.4, -0.2) is 11.8 Å². The first kappa shape index (κ1) is 10.7. The fraction of sp³-hybridized carbons (Fsp3) is 0.455. The van der Waals surface area contributed by atoms with E-state index in [0.29, 0.717) is 0 Å². The van der Waals surface area contributed by atoms with Gasteiger partial charge in [0.25, 0.3) is 11.8 Å². The molecule has 1 N–H and O–H groups in total. The average molecular weight is 193 g/mol. The van der Waals surface area contributed by atoms with E-state index in [0.717, 1.165) is 0 Å². The van der Waals surface area contributed by atoms with Gasteiger partial charge in [0.2, 0.25) is 0 Å². The number of nitrogens with one attached hydrogen (secondary N) is 1. The van der Waals surface area contributed by atoms with Crippen molar-refractivity contribution in [3.63, 3.8) is 0 Å². The number of hydrogen-bond donors (Lipinski definition) is 1. The molecule has 2 aliphatic rings. The molecule has 2 rings (SSSR count). The van der Waals surface area contributed by atoms with E-state index >= 15 is 0 Å². The Morgan fingerprint density at radius 1 is 1.14 bits per heavy atom. The molecule has 0 unspecified atom stereocenters. The predicted octanol–water partition coefficient (Wildman–Crippen LogP) is 1.71. The predicted molar refractivity (Wildman–Crippen MR) is 54.5 cm³/mol. The third-order valence-electron chi connectivity index (χ3n) is 2.15. The van der Waals surface area contributed by atoms with Crippen molar-refractivity contribution < 1.29 is 9.59 Å². The Hall–Kier alpha value is -1.38. The van der Waals surface area contributed by atoms with Gasteiger partial charge in [-0.2, -0.15) is 0 Å². The molecule has 0 bridgehead atoms. The topological polar surface area (TPSA) is 46.2 Å². The van der Waals surface area contributed by atoms with Gasteiger partial charge in [0.1, 0.15) is 0 Å². The number of allylic oxidation sites excluding steroid dienone is 2. The summed E-state index contributed by atoms with van der Waals surface area (Å²) in [6.45, 7) is 2.22. The van der Waals surface area contributed by atoms with Gasteiger partial charge in [-0.25, -0.2) is 0 Å². The Morgan fingerprint density at radius 3 is 2.00 bits per heavy atom. The normalized spacial score (nSPS) is 19.6. The lowest BCUT2D eigenvalue weighted by Gasteiger charge is -2.05. The summed E-state index contributed by atoms with van der Waals surface area (Å²) in [5, 5.41) is 2.03. The highest BCUT2D eigenvalue weighted by Crippen LogP contribution is 2.15. The van der Waals surface area contributed by atoms with E-state index in [1.807, 2.05) is 5.32 Å². The van der Waals surface area contributed by atoms with Crippen LogP contribution in [0.25, 0.3) is 0 Å². The monoisotopic (exact) mass is 193 g/mol. The van der Waals surface area contributed by atoms with Crippen LogP contribution in [0.4, 0.5) is 0 Å². The molecule has 0 aromatic carbocycles. The molecule has 0 aromatic heterocycles. The van der Waals surface area contributed by atoms with Crippen molar-refractivity contribution in [2.45, 2.75) is 32.6 Å². The quantitative estimate of drug-likeness (QED) is 0.470. The van der Waals surface area contributed by atoms with Gasteiger partial charge >= 0.3 is 0 Å². The van der Waals surface area contributed by atoms with E-state index in [1.165, 1.54) is 37.8 Å². The van der Waals surface area contributed by atoms with Crippen LogP contribution in [-0.2, 0) is 9.59 Å². The summed E-state index contributed by atoms with van der Waals surface area (Å²) in [5.74, 6) is -0.657. The second-order valence-corrected chi connectivity index (χ2v) is 3.48. The molecular weight excluding hydrogens is 178 g/mol. The van der Waals surface area contributed by atoms with Crippen molar-refractivity contribution in [3.8, 4) is 0 Å². The van der Waals surface area contributed by atoms with Gasteiger partial charge in [0.15, 0.2) is 0 Å². The molecule has 0 radical (unpaired) electrons. The fourth-order valence-corrected chi connectivity index (χ4v) is 1.35. The van der Waals surface area contributed by atoms with Crippen molar-refractivity contribution >= 4 is 11.8 Å². The summed E-state index contributed by atoms with van der Waals surface area (Å²) < 4.78 is 0. The molecule has 2 amide bonds. The lowest BCUT2D eigenvalue weighted by atomic mass is 10.0. The van der Waals surface area contributed by atoms with E-state index in [9.17, 15) is 9.59 Å². The van der Waals surface area contributed by atoms with E-state index in [4.69, 9.17) is 0 Å². The van der Waals surface area contributed by atoms with Gasteiger partial charge in [-0.1, -0.05) is 11.6 Å². The van der Waals surface area contributed by atoms with E-state index < -0.39 is 0 Å². The van der Waals surface area contributed by atoms with Crippen LogP contribution in [0.15, 0.2) is 23.8 Å². The minimum absolute atomic E-state index is 0.329. The molecule has 14 heavy (non-hydrogen) atoms. The first-order valence-electron chi connectivity index (χ1n) is 4.87. The maximum Gasteiger partial charge on any atom is 0.250 e. The van der Waals surface area contributed by atoms with Crippen molar-refractivity contribution in [2.24, 2.45) is 0 Å². The first-order valence-corrected chi connectivity index (χ1v) is 4.87. The SMILES string of the molecule is CC1=CCCCC1.O=C1C=CC(=O)N1. The summed E-state index contributed by atoms with van der Waals surface area (Å²) >= 11 is 0. The van der Waals surface area contributed by atoms with Gasteiger partial charge in [0, 0.05) is 12.2 Å². The number of amides is 2. The minimum atomic E-state index is -0.329. The number of imide groups is 1. The van der Waals surface area contributed by atoms with Crippen molar-refractivity contribution in [2.75, 3.05) is 0 Å². The van der Waals surface area contributed by atoms with Gasteiger partial charge in [-0.15, -0.1) is 0 Å². The van der Waals surface area contributed by atoms with Crippen molar-refractivity contribution in [1.82, 2.24) is 5.32 Å². The van der Waals surface area contributed by atoms with Crippen molar-refractivity contribution in [3.05, 3.63) is 23.8 Å². The average Bonchev–Trinajstić information content (AvgIpc) is 2.52. The van der Waals surface area contributed by atoms with Crippen LogP contribution < -0.4 is 5.32 Å². The summed E-state index contributed by atoms with van der Waals surface area (Å²) in [6, 6.07) is 0. The highest BCUT2D eigenvalue weighted by Gasteiger charge is 2.06. The minimum Gasteiger partial charge on any atom is -0.289 e. The first-order chi connectivity index (χ1) is 6.68. The molecular formula is C11H15NO2. The largest absolute Gasteiger partial charge is 0.289 e. The van der Waals surface area contributed by atoms with Crippen LogP contribution in [0.3, 0.4) is 0 Å². The van der Waals surface area contributed by atoms with E-state index in [2.05, 4.69) is 13.0 Å². The van der Waals surface area contributed by atoms with E-state index in [-0.39, 0.29) is 11.8 Å². The highest BCUT2D eigenvalue weighted by atomic mass is 16.2. The maximum absolute atomic E-state index is 10.0. The summed E-state index contributed by atoms with van der Waals surface area (Å²) in [6.07, 6.45) is 10.2. The van der Waals surface area contributed by atoms with Crippen LogP contribution in [0.1, 0.15) is 32.6 Å². The van der Waals surface area contributed by atoms with Crippen molar-refractivity contribution in [1.29, 1.82) is 0 Å². The smallest absolute Gasteiger partial charge is 0.250 e. The molecule has 3 heteroatoms. The lowest BCUT2D eigenvalue weighted by molar-refractivity contribution is -0.123. The zero-order chi connectivity index (χ0) is 10.4. The van der Waals surface area contributed by atoms with Crippen LogP contribution in [0.5, 0.6) is 0 Å². The number of carbonyl (C=O) groups is 2. The van der Waals surface area contributed by atoms with Gasteiger partial charge in [-0.05, 0) is 32.6 Å². The molecule has 3 nitrogen and oxygen atoms in total. The third kappa shape index (κ3) is 4.03. The molecule has 76 valence electrons. The number of carbonyl (C=O) groups excluding carboxylic acids is 2. The van der Waals surface area contributed by atoms with E-state index in [1.54, 1.807) is 5.57 Å². The standard InChI is InChI=1S/C7H12.C4H3NO2/c1-7-5-3-2-4-6-7;6-3-1-2-4(7)5-3/h5H,2-4,6H2,1H3;1-2H,(H,5,6,7). The fourth-order valence-electron chi connectivity index (χ4n) is 1.35. The van der Waals surface area contributed by atoms with Crippen LogP contribution in [0, 0.1) is 0 Å². The zero-order valence-corrected chi connectivity index (χ0v) is 8.38. The molecule has 0 saturated carbocycles. The highest BCUT2D eigenvalue weighted by molar-refractivity contribution is 6.12. The molecule has 0 fully saturated rings. The number of rotatable bonds is 0. The van der Waals surface area contributed by atoms with Crippen LogP contribution in [0.2, 0.25) is 0 Å². The van der Waals surface area contributed by atoms with Gasteiger partial charge in [0.05, 0.1) is 0 Å². The summed E-state index contributed by atoms with van der Waals surface area (Å²) in [7, 11) is 0. The van der Waals surface area contributed by atoms with Crippen LogP contribution >= 0.6 is 0 Å². The Labute approximate surface area is 83.9 Å². The summed E-state index contributed by atoms with van der Waals surface area (Å²) in [4.78, 5) is 20.1. The maximum atomic E-state index is 10.0. The molecule has 0 saturated heterocycles. The zero-order valence-electron chi connectivity index (χ0n) is 8.38. The Kier molecular flexibility index (Phi) is 4.11. The third-order valence-corrected chi connectivity index (χ3v) is 2.15. The Balaban J connectivity index is 0.000000140. The second kappa shape index (κ2) is 5.37.